The van der Waals surface area contributed by atoms with Gasteiger partial charge < -0.3 is 4.90 Å². The molecule has 1 saturated heterocycles. The number of amides is 1. The van der Waals surface area contributed by atoms with Crippen molar-refractivity contribution in [3.63, 3.8) is 0 Å². The highest BCUT2D eigenvalue weighted by molar-refractivity contribution is 6.41. The molecule has 0 bridgehead atoms. The summed E-state index contributed by atoms with van der Waals surface area (Å²) in [4.78, 5) is 27.9. The molecule has 8 heteroatoms. The molecule has 1 aromatic carbocycles. The van der Waals surface area contributed by atoms with Gasteiger partial charge in [0.15, 0.2) is 5.84 Å². The first-order valence-electron chi connectivity index (χ1n) is 10.7. The molecule has 5 nitrogen and oxygen atoms in total. The highest BCUT2D eigenvalue weighted by atomic mass is 19.4. The van der Waals surface area contributed by atoms with Gasteiger partial charge in [-0.15, -0.1) is 0 Å². The van der Waals surface area contributed by atoms with Crippen LogP contribution in [0.4, 0.5) is 13.2 Å². The van der Waals surface area contributed by atoms with Crippen molar-refractivity contribution in [2.45, 2.75) is 43.8 Å². The molecule has 1 aromatic rings. The number of carbonyl (C=O) groups excluding carboxylic acids is 1. The Labute approximate surface area is 178 Å². The molecular weight excluding hydrogens is 405 g/mol. The number of nitrogens with zero attached hydrogens (tertiary/aromatic N) is 4. The van der Waals surface area contributed by atoms with E-state index in [0.29, 0.717) is 37.3 Å². The van der Waals surface area contributed by atoms with Crippen LogP contribution >= 0.6 is 0 Å². The molecule has 0 radical (unpaired) electrons. The molecule has 4 atom stereocenters. The van der Waals surface area contributed by atoms with Crippen LogP contribution in [0.1, 0.15) is 42.7 Å². The summed E-state index contributed by atoms with van der Waals surface area (Å²) >= 11 is 0. The number of halogens is 3. The van der Waals surface area contributed by atoms with E-state index < -0.39 is 11.7 Å². The summed E-state index contributed by atoms with van der Waals surface area (Å²) in [6.45, 7) is 1.10. The zero-order valence-electron chi connectivity index (χ0n) is 16.9. The van der Waals surface area contributed by atoms with E-state index in [1.165, 1.54) is 12.1 Å². The average molecular weight is 428 g/mol. The first-order valence-corrected chi connectivity index (χ1v) is 10.7. The second-order valence-corrected chi connectivity index (χ2v) is 8.71. The molecule has 5 rings (SSSR count). The highest BCUT2D eigenvalue weighted by Gasteiger charge is 2.46. The molecule has 162 valence electrons. The van der Waals surface area contributed by atoms with Crippen LogP contribution in [0.5, 0.6) is 0 Å². The smallest absolute Gasteiger partial charge is 0.335 e. The molecule has 0 spiro atoms. The van der Waals surface area contributed by atoms with Gasteiger partial charge in [-0.3, -0.25) is 9.79 Å². The fourth-order valence-corrected chi connectivity index (χ4v) is 5.33. The second kappa shape index (κ2) is 7.73. The lowest BCUT2D eigenvalue weighted by Gasteiger charge is -2.21. The van der Waals surface area contributed by atoms with E-state index in [1.54, 1.807) is 23.2 Å². The Kier molecular flexibility index (Phi) is 5.02. The number of allylic oxidation sites excluding steroid dienone is 2. The van der Waals surface area contributed by atoms with Crippen molar-refractivity contribution < 1.29 is 18.0 Å². The molecule has 4 aliphatic rings. The lowest BCUT2D eigenvalue weighted by molar-refractivity contribution is -0.138. The van der Waals surface area contributed by atoms with E-state index in [-0.39, 0.29) is 35.5 Å². The number of carbonyl (C=O) groups is 1. The fourth-order valence-electron chi connectivity index (χ4n) is 5.33. The molecule has 3 heterocycles. The lowest BCUT2D eigenvalue weighted by Crippen LogP contribution is -2.34. The van der Waals surface area contributed by atoms with Gasteiger partial charge in [-0.05, 0) is 61.1 Å². The Morgan fingerprint density at radius 2 is 1.84 bits per heavy atom. The number of aliphatic imine (C=N–C) groups is 3. The summed E-state index contributed by atoms with van der Waals surface area (Å²) in [5, 5.41) is 0. The summed E-state index contributed by atoms with van der Waals surface area (Å²) in [5.41, 5.74) is -0.148. The summed E-state index contributed by atoms with van der Waals surface area (Å²) in [5.74, 6) is 0.894. The van der Waals surface area contributed by atoms with E-state index in [0.717, 1.165) is 12.8 Å². The molecule has 31 heavy (non-hydrogen) atoms. The number of alkyl halides is 3. The molecule has 0 aromatic heterocycles. The minimum Gasteiger partial charge on any atom is -0.335 e. The van der Waals surface area contributed by atoms with Gasteiger partial charge >= 0.3 is 6.18 Å². The molecule has 2 fully saturated rings. The normalized spacial score (nSPS) is 30.9. The summed E-state index contributed by atoms with van der Waals surface area (Å²) < 4.78 is 40.3. The lowest BCUT2D eigenvalue weighted by atomic mass is 9.91. The van der Waals surface area contributed by atoms with E-state index in [4.69, 9.17) is 0 Å². The molecule has 1 saturated carbocycles. The van der Waals surface area contributed by atoms with Crippen LogP contribution < -0.4 is 0 Å². The zero-order valence-corrected chi connectivity index (χ0v) is 16.9. The Morgan fingerprint density at radius 1 is 1.10 bits per heavy atom. The van der Waals surface area contributed by atoms with Crippen LogP contribution in [0, 0.1) is 11.8 Å². The van der Waals surface area contributed by atoms with Gasteiger partial charge in [0.25, 0.3) is 5.91 Å². The van der Waals surface area contributed by atoms with Gasteiger partial charge in [0.05, 0.1) is 5.56 Å². The quantitative estimate of drug-likeness (QED) is 0.695. The maximum absolute atomic E-state index is 13.4. The summed E-state index contributed by atoms with van der Waals surface area (Å²) in [6, 6.07) is 5.70. The predicted octanol–water partition coefficient (Wildman–Crippen LogP) is 4.26. The van der Waals surface area contributed by atoms with Crippen LogP contribution in [-0.2, 0) is 11.0 Å². The number of hydrogen-bond donors (Lipinski definition) is 0. The maximum Gasteiger partial charge on any atom is 0.416 e. The van der Waals surface area contributed by atoms with Gasteiger partial charge in [-0.25, -0.2) is 9.98 Å². The van der Waals surface area contributed by atoms with Gasteiger partial charge in [0.2, 0.25) is 5.84 Å². The molecule has 3 aliphatic heterocycles. The number of fused-ring (bicyclic) bond motifs is 2. The van der Waals surface area contributed by atoms with E-state index in [9.17, 15) is 18.0 Å². The fraction of sp³-hybridized carbons (Fsp3) is 0.478. The third-order valence-electron chi connectivity index (χ3n) is 6.77. The second-order valence-electron chi connectivity index (χ2n) is 8.71. The van der Waals surface area contributed by atoms with Crippen molar-refractivity contribution in [3.05, 3.63) is 47.5 Å². The number of amidine groups is 2. The zero-order chi connectivity index (χ0) is 21.6. The summed E-state index contributed by atoms with van der Waals surface area (Å²) in [6.07, 6.45) is 4.18. The molecule has 0 N–H and O–H groups in total. The number of benzene rings is 1. The number of hydrogen-bond acceptors (Lipinski definition) is 4. The van der Waals surface area contributed by atoms with Gasteiger partial charge in [-0.2, -0.15) is 13.2 Å². The van der Waals surface area contributed by atoms with E-state index >= 15 is 0 Å². The Morgan fingerprint density at radius 3 is 2.58 bits per heavy atom. The van der Waals surface area contributed by atoms with Crippen molar-refractivity contribution >= 4 is 23.8 Å². The van der Waals surface area contributed by atoms with Crippen molar-refractivity contribution in [2.24, 2.45) is 26.8 Å². The topological polar surface area (TPSA) is 57.4 Å². The minimum atomic E-state index is -4.34. The van der Waals surface area contributed by atoms with Crippen molar-refractivity contribution in [1.29, 1.82) is 0 Å². The van der Waals surface area contributed by atoms with Crippen LogP contribution in [0.3, 0.4) is 0 Å². The highest BCUT2D eigenvalue weighted by Crippen LogP contribution is 2.48. The Balaban J connectivity index is 1.26. The van der Waals surface area contributed by atoms with Crippen LogP contribution in [-0.4, -0.2) is 47.8 Å². The van der Waals surface area contributed by atoms with Crippen molar-refractivity contribution in [2.75, 3.05) is 13.1 Å². The average Bonchev–Trinajstić information content (AvgIpc) is 3.40. The number of rotatable bonds is 2. The first kappa shape index (κ1) is 20.2. The Hall–Kier alpha value is -2.77. The molecule has 1 amide bonds. The summed E-state index contributed by atoms with van der Waals surface area (Å²) in [7, 11) is 0. The monoisotopic (exact) mass is 428 g/mol. The van der Waals surface area contributed by atoms with Crippen molar-refractivity contribution in [3.8, 4) is 0 Å². The van der Waals surface area contributed by atoms with Gasteiger partial charge in [-0.1, -0.05) is 24.3 Å². The third kappa shape index (κ3) is 3.83. The van der Waals surface area contributed by atoms with Crippen molar-refractivity contribution in [1.82, 2.24) is 4.90 Å². The first-order chi connectivity index (χ1) is 14.9. The maximum atomic E-state index is 13.4. The molecule has 1 aliphatic carbocycles. The molecule has 3 unspecified atom stereocenters. The number of likely N-dealkylation sites (tertiary alicyclic amines) is 1. The Bertz CT molecular complexity index is 996. The van der Waals surface area contributed by atoms with Crippen LogP contribution in [0.15, 0.2) is 51.4 Å². The SMILES string of the molecule is O=C(C1=NC2CC/C=C\C=NC2=N1)N1CC2CC(c3ccccc3C(F)(F)F)C[C@@H]2C1. The predicted molar refractivity (Wildman–Crippen MR) is 113 cm³/mol. The van der Waals surface area contributed by atoms with Gasteiger partial charge in [0, 0.05) is 19.3 Å². The standard InChI is InChI=1S/C23H23F3N4O/c24-23(25,26)18-7-4-3-6-17(18)14-10-15-12-30(13-16(15)11-14)22(31)21-28-19-8-2-1-5-9-27-20(19)29-21/h1,3-7,9,14-16,19H,2,8,10-13H2/b5-1-,27-9?/t14?,15-,16?,19?/m1/s1. The van der Waals surface area contributed by atoms with Crippen LogP contribution in [0.2, 0.25) is 0 Å². The van der Waals surface area contributed by atoms with E-state index in [2.05, 4.69) is 15.0 Å². The largest absolute Gasteiger partial charge is 0.416 e. The van der Waals surface area contributed by atoms with E-state index in [1.807, 2.05) is 12.2 Å². The van der Waals surface area contributed by atoms with Crippen LogP contribution in [0.25, 0.3) is 0 Å². The minimum absolute atomic E-state index is 0.119. The third-order valence-corrected chi connectivity index (χ3v) is 6.77. The van der Waals surface area contributed by atoms with Gasteiger partial charge in [0.1, 0.15) is 6.04 Å². The molecular formula is C23H23F3N4O.